The first-order valence-corrected chi connectivity index (χ1v) is 8.95. The van der Waals surface area contributed by atoms with E-state index in [2.05, 4.69) is 24.3 Å². The number of benzene rings is 2. The van der Waals surface area contributed by atoms with Crippen LogP contribution in [0.5, 0.6) is 0 Å². The van der Waals surface area contributed by atoms with E-state index in [9.17, 15) is 5.11 Å². The predicted molar refractivity (Wildman–Crippen MR) is 93.0 cm³/mol. The highest BCUT2D eigenvalue weighted by Crippen LogP contribution is 2.45. The Morgan fingerprint density at radius 3 is 1.74 bits per heavy atom. The fourth-order valence-electron chi connectivity index (χ4n) is 5.07. The maximum Gasteiger partial charge on any atom is 0.166 e. The van der Waals surface area contributed by atoms with E-state index in [0.717, 1.165) is 22.0 Å². The van der Waals surface area contributed by atoms with Crippen LogP contribution >= 0.6 is 0 Å². The molecule has 0 saturated carbocycles. The fourth-order valence-corrected chi connectivity index (χ4v) is 5.07. The van der Waals surface area contributed by atoms with Crippen LogP contribution in [0.3, 0.4) is 0 Å². The highest BCUT2D eigenvalue weighted by molar-refractivity contribution is 5.37. The minimum absolute atomic E-state index is 0.273. The molecule has 0 aliphatic carbocycles. The summed E-state index contributed by atoms with van der Waals surface area (Å²) in [6.45, 7) is 3.69. The lowest BCUT2D eigenvalue weighted by molar-refractivity contribution is -0.935. The van der Waals surface area contributed by atoms with Crippen molar-refractivity contribution >= 4 is 0 Å². The fraction of sp³-hybridized carbons (Fsp3) is 0.429. The number of hydrogen-bond donors (Lipinski definition) is 1. The molecule has 0 bridgehead atoms. The van der Waals surface area contributed by atoms with Gasteiger partial charge in [-0.05, 0) is 11.1 Å². The van der Waals surface area contributed by atoms with Crippen molar-refractivity contribution < 1.29 is 9.59 Å². The van der Waals surface area contributed by atoms with Crippen LogP contribution in [0.25, 0.3) is 0 Å². The van der Waals surface area contributed by atoms with Gasteiger partial charge in [0.25, 0.3) is 0 Å². The Hall–Kier alpha value is -1.64. The molecule has 1 unspecified atom stereocenters. The average molecular weight is 308 g/mol. The van der Waals surface area contributed by atoms with Crippen molar-refractivity contribution in [1.82, 2.24) is 0 Å². The van der Waals surface area contributed by atoms with Crippen LogP contribution in [-0.2, 0) is 5.60 Å². The van der Waals surface area contributed by atoms with Gasteiger partial charge in [0, 0.05) is 25.7 Å². The molecule has 2 aliphatic heterocycles. The summed E-state index contributed by atoms with van der Waals surface area (Å²) in [6, 6.07) is 20.9. The second kappa shape index (κ2) is 5.77. The molecule has 2 aromatic rings. The van der Waals surface area contributed by atoms with Crippen molar-refractivity contribution in [1.29, 1.82) is 0 Å². The Morgan fingerprint density at radius 1 is 0.739 bits per heavy atom. The Balaban J connectivity index is 1.86. The SMILES string of the molecule is OC(c1ccccc1)(c1ccccc1)C1CCC[N+]12CCCC2. The van der Waals surface area contributed by atoms with E-state index in [0.29, 0.717) is 0 Å². The Bertz CT molecular complexity index is 601. The lowest BCUT2D eigenvalue weighted by atomic mass is 9.78. The largest absolute Gasteiger partial charge is 0.374 e. The van der Waals surface area contributed by atoms with Crippen LogP contribution in [-0.4, -0.2) is 35.3 Å². The number of hydrogen-bond acceptors (Lipinski definition) is 1. The smallest absolute Gasteiger partial charge is 0.166 e. The molecule has 2 aliphatic rings. The van der Waals surface area contributed by atoms with Gasteiger partial charge in [-0.2, -0.15) is 0 Å². The average Bonchev–Trinajstić information content (AvgIpc) is 3.26. The van der Waals surface area contributed by atoms with Gasteiger partial charge >= 0.3 is 0 Å². The van der Waals surface area contributed by atoms with Gasteiger partial charge in [0.05, 0.1) is 19.6 Å². The van der Waals surface area contributed by atoms with Gasteiger partial charge in [0.2, 0.25) is 0 Å². The summed E-state index contributed by atoms with van der Waals surface area (Å²) in [5.41, 5.74) is 1.20. The topological polar surface area (TPSA) is 20.2 Å². The number of quaternary nitrogens is 1. The monoisotopic (exact) mass is 308 g/mol. The summed E-state index contributed by atoms with van der Waals surface area (Å²) < 4.78 is 1.11. The molecule has 2 fully saturated rings. The number of rotatable bonds is 3. The van der Waals surface area contributed by atoms with E-state index in [1.165, 1.54) is 38.9 Å². The third-order valence-electron chi connectivity index (χ3n) is 6.11. The summed E-state index contributed by atoms with van der Waals surface area (Å²) in [5, 5.41) is 12.1. The molecular formula is C21H26NO+. The van der Waals surface area contributed by atoms with Gasteiger partial charge in [-0.15, -0.1) is 0 Å². The van der Waals surface area contributed by atoms with Crippen LogP contribution < -0.4 is 0 Å². The molecule has 120 valence electrons. The lowest BCUT2D eigenvalue weighted by Crippen LogP contribution is -2.59. The van der Waals surface area contributed by atoms with E-state index < -0.39 is 5.60 Å². The van der Waals surface area contributed by atoms with E-state index >= 15 is 0 Å². The van der Waals surface area contributed by atoms with Crippen molar-refractivity contribution in [2.24, 2.45) is 0 Å². The Morgan fingerprint density at radius 2 is 1.22 bits per heavy atom. The molecule has 2 heterocycles. The van der Waals surface area contributed by atoms with E-state index in [-0.39, 0.29) is 6.04 Å². The highest BCUT2D eigenvalue weighted by Gasteiger charge is 2.55. The molecule has 2 nitrogen and oxygen atoms in total. The molecular weight excluding hydrogens is 282 g/mol. The first-order valence-electron chi connectivity index (χ1n) is 8.95. The van der Waals surface area contributed by atoms with Gasteiger partial charge < -0.3 is 9.59 Å². The van der Waals surface area contributed by atoms with Gasteiger partial charge in [0.1, 0.15) is 6.04 Å². The molecule has 0 radical (unpaired) electrons. The van der Waals surface area contributed by atoms with Crippen LogP contribution in [0.2, 0.25) is 0 Å². The molecule has 23 heavy (non-hydrogen) atoms. The minimum Gasteiger partial charge on any atom is -0.374 e. The molecule has 0 aromatic heterocycles. The van der Waals surface area contributed by atoms with Crippen molar-refractivity contribution in [3.8, 4) is 0 Å². The van der Waals surface area contributed by atoms with Crippen LogP contribution in [0.1, 0.15) is 36.8 Å². The second-order valence-corrected chi connectivity index (χ2v) is 7.25. The first-order chi connectivity index (χ1) is 11.3. The standard InChI is InChI=1S/C21H26NO/c23-21(18-10-3-1-4-11-18,19-12-5-2-6-13-19)20-14-9-17-22(20)15-7-8-16-22/h1-6,10-13,20,23H,7-9,14-17H2/q+1. The summed E-state index contributed by atoms with van der Waals surface area (Å²) >= 11 is 0. The third-order valence-corrected chi connectivity index (χ3v) is 6.11. The Labute approximate surface area is 139 Å². The summed E-state index contributed by atoms with van der Waals surface area (Å²) in [4.78, 5) is 0. The predicted octanol–water partition coefficient (Wildman–Crippen LogP) is 3.70. The van der Waals surface area contributed by atoms with Crippen LogP contribution in [0.4, 0.5) is 0 Å². The van der Waals surface area contributed by atoms with Crippen molar-refractivity contribution in [2.75, 3.05) is 19.6 Å². The van der Waals surface area contributed by atoms with Gasteiger partial charge in [0.15, 0.2) is 5.60 Å². The number of nitrogens with zero attached hydrogens (tertiary/aromatic N) is 1. The molecule has 0 amide bonds. The zero-order chi connectivity index (χ0) is 15.8. The minimum atomic E-state index is -0.886. The Kier molecular flexibility index (Phi) is 3.74. The van der Waals surface area contributed by atoms with E-state index in [1.807, 2.05) is 36.4 Å². The van der Waals surface area contributed by atoms with Crippen molar-refractivity contribution in [2.45, 2.75) is 37.3 Å². The summed E-state index contributed by atoms with van der Waals surface area (Å²) in [5.74, 6) is 0. The molecule has 1 atom stereocenters. The molecule has 2 heteroatoms. The maximum atomic E-state index is 12.1. The van der Waals surface area contributed by atoms with E-state index in [4.69, 9.17) is 0 Å². The summed E-state index contributed by atoms with van der Waals surface area (Å²) in [6.07, 6.45) is 4.94. The van der Waals surface area contributed by atoms with Gasteiger partial charge in [-0.1, -0.05) is 60.7 Å². The maximum absolute atomic E-state index is 12.1. The molecule has 1 spiro atoms. The number of aliphatic hydroxyl groups is 1. The highest BCUT2D eigenvalue weighted by atomic mass is 16.3. The lowest BCUT2D eigenvalue weighted by Gasteiger charge is -2.45. The van der Waals surface area contributed by atoms with Crippen molar-refractivity contribution in [3.63, 3.8) is 0 Å². The second-order valence-electron chi connectivity index (χ2n) is 7.25. The zero-order valence-corrected chi connectivity index (χ0v) is 13.7. The molecule has 4 rings (SSSR count). The van der Waals surface area contributed by atoms with Crippen molar-refractivity contribution in [3.05, 3.63) is 71.8 Å². The van der Waals surface area contributed by atoms with Crippen LogP contribution in [0.15, 0.2) is 60.7 Å². The normalized spacial score (nSPS) is 23.4. The quantitative estimate of drug-likeness (QED) is 0.857. The molecule has 2 aromatic carbocycles. The molecule has 2 saturated heterocycles. The van der Waals surface area contributed by atoms with E-state index in [1.54, 1.807) is 0 Å². The third kappa shape index (κ3) is 2.32. The van der Waals surface area contributed by atoms with Gasteiger partial charge in [-0.25, -0.2) is 0 Å². The van der Waals surface area contributed by atoms with Crippen LogP contribution in [0, 0.1) is 0 Å². The first kappa shape index (κ1) is 14.9. The summed E-state index contributed by atoms with van der Waals surface area (Å²) in [7, 11) is 0. The van der Waals surface area contributed by atoms with Gasteiger partial charge in [-0.3, -0.25) is 0 Å². The molecule has 1 N–H and O–H groups in total. The zero-order valence-electron chi connectivity index (χ0n) is 13.7.